The number of halogens is 1. The van der Waals surface area contributed by atoms with Gasteiger partial charge in [0, 0.05) is 5.88 Å². The quantitative estimate of drug-likeness (QED) is 0.528. The molecule has 0 nitrogen and oxygen atoms in total. The molecule has 1 unspecified atom stereocenters. The maximum atomic E-state index is 5.66. The molecule has 0 heterocycles. The van der Waals surface area contributed by atoms with E-state index >= 15 is 0 Å². The molecule has 0 aliphatic rings. The smallest absolute Gasteiger partial charge is 0.0249 e. The fourth-order valence-electron chi connectivity index (χ4n) is 1.10. The van der Waals surface area contributed by atoms with Crippen molar-refractivity contribution in [2.75, 3.05) is 5.88 Å². The van der Waals surface area contributed by atoms with Crippen molar-refractivity contribution in [3.8, 4) is 0 Å². The molecule has 0 saturated carbocycles. The molecule has 0 bridgehead atoms. The lowest BCUT2D eigenvalue weighted by Gasteiger charge is -2.21. The van der Waals surface area contributed by atoms with Crippen molar-refractivity contribution in [3.63, 3.8) is 0 Å². The first-order valence-electron chi connectivity index (χ1n) is 3.51. The van der Waals surface area contributed by atoms with Crippen LogP contribution in [0.25, 0.3) is 0 Å². The van der Waals surface area contributed by atoms with Gasteiger partial charge < -0.3 is 0 Å². The molecule has 1 heteroatoms. The zero-order chi connectivity index (χ0) is 7.49. The van der Waals surface area contributed by atoms with Crippen LogP contribution < -0.4 is 0 Å². The van der Waals surface area contributed by atoms with Gasteiger partial charge in [0.25, 0.3) is 0 Å². The van der Waals surface area contributed by atoms with Crippen molar-refractivity contribution in [3.05, 3.63) is 0 Å². The number of alkyl halides is 1. The molecular formula is C8H17Cl. The van der Waals surface area contributed by atoms with E-state index in [2.05, 4.69) is 27.7 Å². The molecule has 0 aliphatic carbocycles. The third-order valence-electron chi connectivity index (χ3n) is 1.22. The normalized spacial score (nSPS) is 15.7. The molecule has 0 amide bonds. The molecule has 56 valence electrons. The highest BCUT2D eigenvalue weighted by atomic mass is 35.5. The third kappa shape index (κ3) is 6.17. The van der Waals surface area contributed by atoms with Gasteiger partial charge in [-0.2, -0.15) is 0 Å². The Morgan fingerprint density at radius 2 is 1.78 bits per heavy atom. The van der Waals surface area contributed by atoms with Crippen LogP contribution in [0, 0.1) is 11.3 Å². The summed E-state index contributed by atoms with van der Waals surface area (Å²) >= 11 is 5.66. The van der Waals surface area contributed by atoms with Crippen molar-refractivity contribution < 1.29 is 0 Å². The summed E-state index contributed by atoms with van der Waals surface area (Å²) in [4.78, 5) is 0. The van der Waals surface area contributed by atoms with Crippen LogP contribution in [-0.2, 0) is 0 Å². The second-order valence-electron chi connectivity index (χ2n) is 4.02. The first-order chi connectivity index (χ1) is 3.95. The molecular weight excluding hydrogens is 132 g/mol. The molecule has 1 atom stereocenters. The maximum absolute atomic E-state index is 5.66. The lowest BCUT2D eigenvalue weighted by atomic mass is 9.86. The molecule has 9 heavy (non-hydrogen) atoms. The van der Waals surface area contributed by atoms with E-state index in [-0.39, 0.29) is 0 Å². The molecule has 0 rings (SSSR count). The highest BCUT2D eigenvalue weighted by Crippen LogP contribution is 2.24. The van der Waals surface area contributed by atoms with E-state index in [9.17, 15) is 0 Å². The third-order valence-corrected chi connectivity index (χ3v) is 1.75. The summed E-state index contributed by atoms with van der Waals surface area (Å²) in [7, 11) is 0. The zero-order valence-corrected chi connectivity index (χ0v) is 7.63. The summed E-state index contributed by atoms with van der Waals surface area (Å²) in [6.07, 6.45) is 1.22. The molecule has 0 spiro atoms. The largest absolute Gasteiger partial charge is 0.126 e. The van der Waals surface area contributed by atoms with Crippen LogP contribution in [0.15, 0.2) is 0 Å². The summed E-state index contributed by atoms with van der Waals surface area (Å²) in [5.41, 5.74) is 0.439. The van der Waals surface area contributed by atoms with Crippen molar-refractivity contribution in [1.29, 1.82) is 0 Å². The number of hydrogen-bond acceptors (Lipinski definition) is 0. The van der Waals surface area contributed by atoms with Gasteiger partial charge in [-0.25, -0.2) is 0 Å². The van der Waals surface area contributed by atoms with E-state index in [0.717, 1.165) is 5.88 Å². The van der Waals surface area contributed by atoms with Gasteiger partial charge in [0.05, 0.1) is 0 Å². The van der Waals surface area contributed by atoms with Gasteiger partial charge in [-0.15, -0.1) is 11.6 Å². The van der Waals surface area contributed by atoms with Gasteiger partial charge >= 0.3 is 0 Å². The van der Waals surface area contributed by atoms with Crippen molar-refractivity contribution in [1.82, 2.24) is 0 Å². The Kier molecular flexibility index (Phi) is 3.57. The van der Waals surface area contributed by atoms with Crippen LogP contribution in [0.4, 0.5) is 0 Å². The number of rotatable bonds is 2. The second kappa shape index (κ2) is 3.46. The van der Waals surface area contributed by atoms with E-state index in [4.69, 9.17) is 11.6 Å². The van der Waals surface area contributed by atoms with Gasteiger partial charge in [-0.05, 0) is 17.8 Å². The first kappa shape index (κ1) is 9.29. The van der Waals surface area contributed by atoms with Gasteiger partial charge in [-0.1, -0.05) is 27.7 Å². The molecule has 0 aromatic carbocycles. The molecule has 0 N–H and O–H groups in total. The Morgan fingerprint density at radius 3 is 1.89 bits per heavy atom. The minimum absolute atomic E-state index is 0.439. The average molecular weight is 149 g/mol. The van der Waals surface area contributed by atoms with Crippen LogP contribution in [0.5, 0.6) is 0 Å². The first-order valence-corrected chi connectivity index (χ1v) is 4.05. The van der Waals surface area contributed by atoms with Gasteiger partial charge in [0.2, 0.25) is 0 Å². The van der Waals surface area contributed by atoms with Crippen molar-refractivity contribution in [2.45, 2.75) is 34.1 Å². The van der Waals surface area contributed by atoms with E-state index in [0.29, 0.717) is 11.3 Å². The van der Waals surface area contributed by atoms with Crippen LogP contribution in [0.2, 0.25) is 0 Å². The van der Waals surface area contributed by atoms with E-state index in [1.807, 2.05) is 0 Å². The van der Waals surface area contributed by atoms with Crippen LogP contribution in [0.1, 0.15) is 34.1 Å². The SMILES string of the molecule is CC(CCl)CC(C)(C)C. The predicted octanol–water partition coefficient (Wildman–Crippen LogP) is 3.30. The summed E-state index contributed by atoms with van der Waals surface area (Å²) in [5.74, 6) is 1.45. The molecule has 0 aromatic heterocycles. The molecule has 0 fully saturated rings. The Hall–Kier alpha value is 0.290. The summed E-state index contributed by atoms with van der Waals surface area (Å²) in [6.45, 7) is 8.93. The van der Waals surface area contributed by atoms with Crippen molar-refractivity contribution in [2.24, 2.45) is 11.3 Å². The van der Waals surface area contributed by atoms with Crippen LogP contribution in [0.3, 0.4) is 0 Å². The molecule has 0 aromatic rings. The summed E-state index contributed by atoms with van der Waals surface area (Å²) in [5, 5.41) is 0. The molecule has 0 saturated heterocycles. The van der Waals surface area contributed by atoms with E-state index in [1.54, 1.807) is 0 Å². The topological polar surface area (TPSA) is 0 Å². The summed E-state index contributed by atoms with van der Waals surface area (Å²) in [6, 6.07) is 0. The Bertz CT molecular complexity index is 71.1. The van der Waals surface area contributed by atoms with Gasteiger partial charge in [-0.3, -0.25) is 0 Å². The highest BCUT2D eigenvalue weighted by Gasteiger charge is 2.13. The minimum atomic E-state index is 0.439. The van der Waals surface area contributed by atoms with Gasteiger partial charge in [0.15, 0.2) is 0 Å². The fourth-order valence-corrected chi connectivity index (χ4v) is 1.21. The Balaban J connectivity index is 3.47. The number of hydrogen-bond donors (Lipinski definition) is 0. The standard InChI is InChI=1S/C8H17Cl/c1-7(6-9)5-8(2,3)4/h7H,5-6H2,1-4H3. The van der Waals surface area contributed by atoms with E-state index < -0.39 is 0 Å². The van der Waals surface area contributed by atoms with E-state index in [1.165, 1.54) is 6.42 Å². The lowest BCUT2D eigenvalue weighted by Crippen LogP contribution is -2.11. The molecule has 0 aliphatic heterocycles. The fraction of sp³-hybridized carbons (Fsp3) is 1.00. The minimum Gasteiger partial charge on any atom is -0.126 e. The zero-order valence-electron chi connectivity index (χ0n) is 6.87. The predicted molar refractivity (Wildman–Crippen MR) is 44.0 cm³/mol. The lowest BCUT2D eigenvalue weighted by molar-refractivity contribution is 0.322. The average Bonchev–Trinajstić information content (AvgIpc) is 1.62. The monoisotopic (exact) mass is 148 g/mol. The maximum Gasteiger partial charge on any atom is 0.0249 e. The Labute approximate surface area is 63.6 Å². The molecule has 0 radical (unpaired) electrons. The van der Waals surface area contributed by atoms with Crippen LogP contribution in [-0.4, -0.2) is 5.88 Å². The summed E-state index contributed by atoms with van der Waals surface area (Å²) < 4.78 is 0. The second-order valence-corrected chi connectivity index (χ2v) is 4.33. The van der Waals surface area contributed by atoms with Crippen molar-refractivity contribution >= 4 is 11.6 Å². The van der Waals surface area contributed by atoms with Gasteiger partial charge in [0.1, 0.15) is 0 Å². The Morgan fingerprint density at radius 1 is 1.33 bits per heavy atom. The van der Waals surface area contributed by atoms with Crippen LogP contribution >= 0.6 is 11.6 Å². The highest BCUT2D eigenvalue weighted by molar-refractivity contribution is 6.18.